The molecule has 4 aromatic rings. The zero-order valence-corrected chi connectivity index (χ0v) is 23.0. The number of hydrogen-bond donors (Lipinski definition) is 2. The third-order valence-corrected chi connectivity index (χ3v) is 8.33. The van der Waals surface area contributed by atoms with Crippen molar-refractivity contribution in [1.29, 1.82) is 0 Å². The standard InChI is InChI=1S/C29H31N5O3S/c1-6-23(29(35)36)26-27-33-32-18(4)34(27)28-24(16(2)17(3)38-28)25(31-26)20-9-11-21(12-10-20)30-15-19-7-13-22(37-5)14-8-19/h7-14,23,26,30H,6,15H2,1-5H3,(H,35,36)/t23?,26-/m0/s1. The summed E-state index contributed by atoms with van der Waals surface area (Å²) in [4.78, 5) is 18.6. The van der Waals surface area contributed by atoms with Crippen LogP contribution in [0.4, 0.5) is 5.69 Å². The average Bonchev–Trinajstić information content (AvgIpc) is 3.39. The van der Waals surface area contributed by atoms with E-state index < -0.39 is 17.9 Å². The fraction of sp³-hybridized carbons (Fsp3) is 0.310. The Morgan fingerprint density at radius 3 is 2.45 bits per heavy atom. The molecule has 0 radical (unpaired) electrons. The second-order valence-corrected chi connectivity index (χ2v) is 10.7. The van der Waals surface area contributed by atoms with Gasteiger partial charge in [0.25, 0.3) is 0 Å². The molecule has 0 bridgehead atoms. The molecule has 8 nitrogen and oxygen atoms in total. The second kappa shape index (κ2) is 10.4. The fourth-order valence-corrected chi connectivity index (χ4v) is 6.06. The highest BCUT2D eigenvalue weighted by Gasteiger charge is 2.37. The SMILES string of the molecule is CCC(C(=O)O)[C@@H]1N=C(c2ccc(NCc3ccc(OC)cc3)cc2)c2c(sc(C)c2C)-n2c(C)nnc21. The van der Waals surface area contributed by atoms with Crippen molar-refractivity contribution in [3.05, 3.63) is 87.3 Å². The van der Waals surface area contributed by atoms with Gasteiger partial charge in [0.15, 0.2) is 5.82 Å². The zero-order chi connectivity index (χ0) is 27.0. The lowest BCUT2D eigenvalue weighted by Crippen LogP contribution is -2.23. The highest BCUT2D eigenvalue weighted by atomic mass is 32.1. The summed E-state index contributed by atoms with van der Waals surface area (Å²) >= 11 is 1.66. The molecule has 38 heavy (non-hydrogen) atoms. The van der Waals surface area contributed by atoms with Gasteiger partial charge in [-0.1, -0.05) is 31.2 Å². The highest BCUT2D eigenvalue weighted by Crippen LogP contribution is 2.41. The maximum atomic E-state index is 12.3. The maximum absolute atomic E-state index is 12.3. The summed E-state index contributed by atoms with van der Waals surface area (Å²) < 4.78 is 7.24. The minimum atomic E-state index is -0.885. The third kappa shape index (κ3) is 4.58. The van der Waals surface area contributed by atoms with E-state index in [0.29, 0.717) is 18.8 Å². The topological polar surface area (TPSA) is 102 Å². The van der Waals surface area contributed by atoms with Gasteiger partial charge in [0.2, 0.25) is 0 Å². The molecule has 3 heterocycles. The minimum Gasteiger partial charge on any atom is -0.497 e. The summed E-state index contributed by atoms with van der Waals surface area (Å²) in [6.07, 6.45) is 0.433. The molecule has 1 aliphatic rings. The predicted octanol–water partition coefficient (Wildman–Crippen LogP) is 5.88. The Balaban J connectivity index is 1.54. The Morgan fingerprint density at radius 2 is 1.82 bits per heavy atom. The Morgan fingerprint density at radius 1 is 1.11 bits per heavy atom. The van der Waals surface area contributed by atoms with Crippen LogP contribution in [0.1, 0.15) is 58.2 Å². The first-order valence-electron chi connectivity index (χ1n) is 12.6. The molecule has 0 spiro atoms. The first-order valence-corrected chi connectivity index (χ1v) is 13.4. The lowest BCUT2D eigenvalue weighted by Gasteiger charge is -2.19. The second-order valence-electron chi connectivity index (χ2n) is 9.46. The van der Waals surface area contributed by atoms with Crippen molar-refractivity contribution in [3.63, 3.8) is 0 Å². The molecular weight excluding hydrogens is 498 g/mol. The van der Waals surface area contributed by atoms with Gasteiger partial charge < -0.3 is 15.2 Å². The summed E-state index contributed by atoms with van der Waals surface area (Å²) in [6.45, 7) is 8.66. The molecule has 2 aromatic heterocycles. The van der Waals surface area contributed by atoms with Crippen molar-refractivity contribution in [1.82, 2.24) is 14.8 Å². The van der Waals surface area contributed by atoms with Crippen molar-refractivity contribution in [3.8, 4) is 10.8 Å². The molecule has 2 N–H and O–H groups in total. The molecule has 2 aromatic carbocycles. The number of aliphatic carboxylic acids is 1. The van der Waals surface area contributed by atoms with Crippen LogP contribution in [0.2, 0.25) is 0 Å². The Kier molecular flexibility index (Phi) is 7.03. The predicted molar refractivity (Wildman–Crippen MR) is 150 cm³/mol. The molecule has 0 saturated carbocycles. The zero-order valence-electron chi connectivity index (χ0n) is 22.1. The Hall–Kier alpha value is -3.98. The van der Waals surface area contributed by atoms with Gasteiger partial charge in [-0.2, -0.15) is 0 Å². The number of nitrogens with zero attached hydrogens (tertiary/aromatic N) is 4. The van der Waals surface area contributed by atoms with E-state index in [0.717, 1.165) is 50.2 Å². The van der Waals surface area contributed by atoms with Crippen molar-refractivity contribution in [2.75, 3.05) is 12.4 Å². The van der Waals surface area contributed by atoms with Gasteiger partial charge in [0, 0.05) is 28.2 Å². The van der Waals surface area contributed by atoms with Gasteiger partial charge in [0.1, 0.15) is 22.6 Å². The number of rotatable bonds is 8. The van der Waals surface area contributed by atoms with E-state index in [1.807, 2.05) is 66.9 Å². The molecule has 0 saturated heterocycles. The van der Waals surface area contributed by atoms with Crippen molar-refractivity contribution >= 4 is 28.7 Å². The summed E-state index contributed by atoms with van der Waals surface area (Å²) in [7, 11) is 1.66. The molecule has 5 rings (SSSR count). The van der Waals surface area contributed by atoms with E-state index in [-0.39, 0.29) is 0 Å². The monoisotopic (exact) mass is 529 g/mol. The number of carboxylic acids is 1. The number of aliphatic imine (C=N–C) groups is 1. The smallest absolute Gasteiger partial charge is 0.309 e. The van der Waals surface area contributed by atoms with Crippen LogP contribution in [0, 0.1) is 26.7 Å². The lowest BCUT2D eigenvalue weighted by atomic mass is 9.95. The van der Waals surface area contributed by atoms with Crippen LogP contribution in [0.25, 0.3) is 5.00 Å². The molecule has 0 aliphatic carbocycles. The Labute approximate surface area is 226 Å². The summed E-state index contributed by atoms with van der Waals surface area (Å²) in [6, 6.07) is 15.5. The lowest BCUT2D eigenvalue weighted by molar-refractivity contribution is -0.142. The molecule has 0 fully saturated rings. The van der Waals surface area contributed by atoms with Crippen LogP contribution < -0.4 is 10.1 Å². The molecule has 196 valence electrons. The fourth-order valence-electron chi connectivity index (χ4n) is 4.84. The van der Waals surface area contributed by atoms with E-state index in [9.17, 15) is 9.90 Å². The van der Waals surface area contributed by atoms with Crippen molar-refractivity contribution in [2.45, 2.75) is 46.7 Å². The van der Waals surface area contributed by atoms with Crippen LogP contribution in [-0.4, -0.2) is 38.7 Å². The van der Waals surface area contributed by atoms with Crippen molar-refractivity contribution in [2.24, 2.45) is 10.9 Å². The number of aryl methyl sites for hydroxylation is 2. The first-order chi connectivity index (χ1) is 18.3. The molecule has 1 aliphatic heterocycles. The number of fused-ring (bicyclic) bond motifs is 3. The van der Waals surface area contributed by atoms with Gasteiger partial charge in [-0.25, -0.2) is 0 Å². The van der Waals surface area contributed by atoms with Crippen LogP contribution >= 0.6 is 11.3 Å². The number of aromatic nitrogens is 3. The number of anilines is 1. The van der Waals surface area contributed by atoms with Crippen LogP contribution in [0.3, 0.4) is 0 Å². The van der Waals surface area contributed by atoms with Gasteiger partial charge in [-0.15, -0.1) is 21.5 Å². The first kappa shape index (κ1) is 25.7. The number of ether oxygens (including phenoxy) is 1. The van der Waals surface area contributed by atoms with Gasteiger partial charge in [-0.05, 0) is 62.6 Å². The molecule has 0 amide bonds. The number of methoxy groups -OCH3 is 1. The summed E-state index contributed by atoms with van der Waals surface area (Å²) in [5, 5.41) is 23.2. The normalized spacial score (nSPS) is 15.2. The van der Waals surface area contributed by atoms with E-state index in [1.165, 1.54) is 4.88 Å². The molecule has 9 heteroatoms. The third-order valence-electron chi connectivity index (χ3n) is 7.14. The Bertz CT molecular complexity index is 1500. The van der Waals surface area contributed by atoms with Gasteiger partial charge in [-0.3, -0.25) is 14.4 Å². The largest absolute Gasteiger partial charge is 0.497 e. The average molecular weight is 530 g/mol. The minimum absolute atomic E-state index is 0.433. The van der Waals surface area contributed by atoms with Crippen LogP contribution in [0.15, 0.2) is 53.5 Å². The van der Waals surface area contributed by atoms with E-state index >= 15 is 0 Å². The summed E-state index contributed by atoms with van der Waals surface area (Å²) in [5.74, 6) is 0.534. The van der Waals surface area contributed by atoms with Gasteiger partial charge >= 0.3 is 5.97 Å². The summed E-state index contributed by atoms with van der Waals surface area (Å²) in [5.41, 5.74) is 6.00. The number of hydrogen-bond acceptors (Lipinski definition) is 7. The number of carbonyl (C=O) groups is 1. The molecule has 1 unspecified atom stereocenters. The van der Waals surface area contributed by atoms with Gasteiger partial charge in [0.05, 0.1) is 18.7 Å². The number of thiophene rings is 1. The maximum Gasteiger partial charge on any atom is 0.309 e. The quantitative estimate of drug-likeness (QED) is 0.296. The van der Waals surface area contributed by atoms with E-state index in [2.05, 4.69) is 29.4 Å². The van der Waals surface area contributed by atoms with E-state index in [1.54, 1.807) is 18.4 Å². The number of nitrogens with one attached hydrogen (secondary N) is 1. The molecule has 2 atom stereocenters. The van der Waals surface area contributed by atoms with Crippen molar-refractivity contribution < 1.29 is 14.6 Å². The van der Waals surface area contributed by atoms with Crippen LogP contribution in [0.5, 0.6) is 5.75 Å². The van der Waals surface area contributed by atoms with E-state index in [4.69, 9.17) is 9.73 Å². The highest BCUT2D eigenvalue weighted by molar-refractivity contribution is 7.15. The van der Waals surface area contributed by atoms with Crippen LogP contribution in [-0.2, 0) is 11.3 Å². The number of carboxylic acid groups (broad SMARTS) is 1. The molecular formula is C29H31N5O3S. The number of benzene rings is 2.